The minimum absolute atomic E-state index is 0. The van der Waals surface area contributed by atoms with Crippen molar-refractivity contribution in [1.82, 2.24) is 5.32 Å². The minimum Gasteiger partial charge on any atom is -0.380 e. The Morgan fingerprint density at radius 3 is 2.77 bits per heavy atom. The number of hydrogen-bond donors (Lipinski definition) is 4. The van der Waals surface area contributed by atoms with Gasteiger partial charge in [-0.25, -0.2) is 8.78 Å². The molecule has 0 saturated carbocycles. The molecule has 0 spiro atoms. The molecule has 4 rings (SSSR count). The first kappa shape index (κ1) is 22.6. The number of nitrogens with zero attached hydrogens (tertiary/aromatic N) is 1. The number of benzene rings is 2. The van der Waals surface area contributed by atoms with E-state index in [9.17, 15) is 23.5 Å². The molecule has 0 aliphatic carbocycles. The van der Waals surface area contributed by atoms with Gasteiger partial charge in [0.15, 0.2) is 23.8 Å². The van der Waals surface area contributed by atoms with E-state index in [1.807, 2.05) is 0 Å². The number of morpholine rings is 1. The number of anilines is 2. The van der Waals surface area contributed by atoms with Gasteiger partial charge in [-0.05, 0) is 35.9 Å². The predicted molar refractivity (Wildman–Crippen MR) is 110 cm³/mol. The molecule has 31 heavy (non-hydrogen) atoms. The number of aliphatic hydroxyl groups is 1. The Labute approximate surface area is 182 Å². The van der Waals surface area contributed by atoms with E-state index in [2.05, 4.69) is 10.6 Å². The summed E-state index contributed by atoms with van der Waals surface area (Å²) < 4.78 is 32.0. The van der Waals surface area contributed by atoms with E-state index in [0.29, 0.717) is 18.1 Å². The summed E-state index contributed by atoms with van der Waals surface area (Å²) in [5.41, 5.74) is 2.05. The number of rotatable bonds is 4. The Bertz CT molecular complexity index is 1050. The average molecular weight is 453 g/mol. The molecule has 2 aromatic rings. The highest BCUT2D eigenvalue weighted by atomic mass is 35.5. The zero-order valence-corrected chi connectivity index (χ0v) is 16.8. The van der Waals surface area contributed by atoms with Crippen molar-refractivity contribution in [3.63, 3.8) is 0 Å². The number of fused-ring (bicyclic) bond motifs is 1. The molecule has 2 aliphatic heterocycles. The van der Waals surface area contributed by atoms with Gasteiger partial charge >= 0.3 is 0 Å². The molecule has 0 aromatic heterocycles. The van der Waals surface area contributed by atoms with Crippen molar-refractivity contribution in [3.8, 4) is 0 Å². The van der Waals surface area contributed by atoms with Gasteiger partial charge in [-0.2, -0.15) is 0 Å². The highest BCUT2D eigenvalue weighted by Gasteiger charge is 2.39. The molecular formula is C20H19ClF2N4O4. The molecule has 1 fully saturated rings. The topological polar surface area (TPSA) is 115 Å². The Morgan fingerprint density at radius 2 is 2.03 bits per heavy atom. The standard InChI is InChI=1S/C20H18F2N4O4.ClH/c21-14-4-2-12(8-15(14)22)26-5-6-30-17(20(26)29)16(27)19(28)25-11-1-3-13-10(7-11)9-24-18(13)23;/h1-4,7-8,16-17,27H,5-6,9H2,(H2,23,24)(H,25,28);1H/t16-,17-;/m1./s1. The minimum atomic E-state index is -1.81. The lowest BCUT2D eigenvalue weighted by Gasteiger charge is -2.34. The van der Waals surface area contributed by atoms with Crippen LogP contribution in [0.2, 0.25) is 0 Å². The van der Waals surface area contributed by atoms with Crippen molar-refractivity contribution in [2.45, 2.75) is 18.8 Å². The van der Waals surface area contributed by atoms with Crippen molar-refractivity contribution in [2.75, 3.05) is 23.4 Å². The first-order chi connectivity index (χ1) is 14.3. The monoisotopic (exact) mass is 452 g/mol. The van der Waals surface area contributed by atoms with Gasteiger partial charge in [0.25, 0.3) is 11.8 Å². The smallest absolute Gasteiger partial charge is 0.259 e. The number of halogens is 3. The highest BCUT2D eigenvalue weighted by molar-refractivity contribution is 6.04. The number of nitrogens with one attached hydrogen (secondary N) is 3. The third-order valence-corrected chi connectivity index (χ3v) is 4.99. The van der Waals surface area contributed by atoms with Crippen molar-refractivity contribution in [3.05, 3.63) is 59.2 Å². The summed E-state index contributed by atoms with van der Waals surface area (Å²) in [6.07, 6.45) is -3.30. The molecule has 4 N–H and O–H groups in total. The Hall–Kier alpha value is -3.08. The van der Waals surface area contributed by atoms with E-state index in [1.54, 1.807) is 18.2 Å². The molecule has 0 unspecified atom stereocenters. The lowest BCUT2D eigenvalue weighted by molar-refractivity contribution is -0.150. The first-order valence-corrected chi connectivity index (χ1v) is 9.18. The third-order valence-electron chi connectivity index (χ3n) is 4.99. The predicted octanol–water partition coefficient (Wildman–Crippen LogP) is 1.55. The highest BCUT2D eigenvalue weighted by Crippen LogP contribution is 2.24. The van der Waals surface area contributed by atoms with Crippen LogP contribution in [0.4, 0.5) is 20.2 Å². The molecule has 8 nitrogen and oxygen atoms in total. The van der Waals surface area contributed by atoms with Gasteiger partial charge in [0.05, 0.1) is 6.61 Å². The van der Waals surface area contributed by atoms with E-state index in [1.165, 1.54) is 6.07 Å². The Balaban J connectivity index is 0.00000272. The van der Waals surface area contributed by atoms with Gasteiger partial charge in [-0.1, -0.05) is 0 Å². The van der Waals surface area contributed by atoms with E-state index in [-0.39, 0.29) is 31.2 Å². The van der Waals surface area contributed by atoms with Gasteiger partial charge in [0.2, 0.25) is 0 Å². The fraction of sp³-hybridized carbons (Fsp3) is 0.250. The van der Waals surface area contributed by atoms with E-state index < -0.39 is 35.7 Å². The molecule has 0 radical (unpaired) electrons. The summed E-state index contributed by atoms with van der Waals surface area (Å²) in [4.78, 5) is 26.3. The lowest BCUT2D eigenvalue weighted by Crippen LogP contribution is -2.55. The number of carbonyl (C=O) groups is 2. The van der Waals surface area contributed by atoms with Crippen molar-refractivity contribution in [1.29, 1.82) is 5.41 Å². The van der Waals surface area contributed by atoms with Crippen LogP contribution < -0.4 is 15.5 Å². The number of amides is 2. The molecule has 2 aliphatic rings. The SMILES string of the molecule is Cl.N=C1NCc2cc(NC(=O)[C@H](O)[C@H]3OCCN(c4ccc(F)c(F)c4)C3=O)ccc21. The maximum atomic E-state index is 13.5. The molecule has 0 bridgehead atoms. The molecule has 2 aromatic carbocycles. The Kier molecular flexibility index (Phi) is 6.54. The third kappa shape index (κ3) is 4.36. The molecule has 164 valence electrons. The number of hydrogen-bond acceptors (Lipinski definition) is 5. The second kappa shape index (κ2) is 8.96. The lowest BCUT2D eigenvalue weighted by atomic mass is 10.1. The summed E-state index contributed by atoms with van der Waals surface area (Å²) in [6, 6.07) is 7.94. The van der Waals surface area contributed by atoms with Gasteiger partial charge in [0, 0.05) is 36.1 Å². The zero-order chi connectivity index (χ0) is 21.4. The van der Waals surface area contributed by atoms with Crippen LogP contribution in [0, 0.1) is 17.0 Å². The van der Waals surface area contributed by atoms with Gasteiger partial charge in [-0.3, -0.25) is 15.0 Å². The van der Waals surface area contributed by atoms with Crippen molar-refractivity contribution < 1.29 is 28.2 Å². The number of ether oxygens (including phenoxy) is 1. The van der Waals surface area contributed by atoms with E-state index in [0.717, 1.165) is 28.2 Å². The molecule has 2 amide bonds. The van der Waals surface area contributed by atoms with Crippen LogP contribution in [0.25, 0.3) is 0 Å². The number of carbonyl (C=O) groups excluding carboxylic acids is 2. The maximum Gasteiger partial charge on any atom is 0.259 e. The summed E-state index contributed by atoms with van der Waals surface area (Å²) in [5.74, 6) is -3.44. The van der Waals surface area contributed by atoms with Crippen LogP contribution in [0.15, 0.2) is 36.4 Å². The summed E-state index contributed by atoms with van der Waals surface area (Å²) in [6.45, 7) is 0.527. The van der Waals surface area contributed by atoms with Crippen LogP contribution in [-0.2, 0) is 20.9 Å². The van der Waals surface area contributed by atoms with Gasteiger partial charge < -0.3 is 25.4 Å². The molecule has 2 heterocycles. The van der Waals surface area contributed by atoms with Crippen LogP contribution in [0.3, 0.4) is 0 Å². The Morgan fingerprint density at radius 1 is 1.26 bits per heavy atom. The molecule has 11 heteroatoms. The quantitative estimate of drug-likeness (QED) is 0.562. The summed E-state index contributed by atoms with van der Waals surface area (Å²) >= 11 is 0. The average Bonchev–Trinajstić information content (AvgIpc) is 3.10. The maximum absolute atomic E-state index is 13.5. The summed E-state index contributed by atoms with van der Waals surface area (Å²) in [7, 11) is 0. The van der Waals surface area contributed by atoms with Crippen LogP contribution in [-0.4, -0.2) is 48.1 Å². The number of amidine groups is 1. The van der Waals surface area contributed by atoms with Crippen LogP contribution in [0.5, 0.6) is 0 Å². The van der Waals surface area contributed by atoms with Gasteiger partial charge in [0.1, 0.15) is 5.84 Å². The van der Waals surface area contributed by atoms with Crippen molar-refractivity contribution >= 4 is 41.4 Å². The van der Waals surface area contributed by atoms with Crippen LogP contribution in [0.1, 0.15) is 11.1 Å². The van der Waals surface area contributed by atoms with Gasteiger partial charge in [-0.15, -0.1) is 12.4 Å². The largest absolute Gasteiger partial charge is 0.380 e. The first-order valence-electron chi connectivity index (χ1n) is 9.18. The molecular weight excluding hydrogens is 434 g/mol. The van der Waals surface area contributed by atoms with Crippen LogP contribution >= 0.6 is 12.4 Å². The zero-order valence-electron chi connectivity index (χ0n) is 16.0. The molecule has 1 saturated heterocycles. The number of aliphatic hydroxyl groups excluding tert-OH is 1. The molecule has 2 atom stereocenters. The summed E-state index contributed by atoms with van der Waals surface area (Å²) in [5, 5.41) is 23.6. The second-order valence-corrected chi connectivity index (χ2v) is 6.91. The van der Waals surface area contributed by atoms with E-state index >= 15 is 0 Å². The fourth-order valence-corrected chi connectivity index (χ4v) is 3.44. The normalized spacial score (nSPS) is 18.7. The van der Waals surface area contributed by atoms with Crippen molar-refractivity contribution in [2.24, 2.45) is 0 Å². The van der Waals surface area contributed by atoms with E-state index in [4.69, 9.17) is 10.1 Å². The second-order valence-electron chi connectivity index (χ2n) is 6.91. The fourth-order valence-electron chi connectivity index (χ4n) is 3.44.